The van der Waals surface area contributed by atoms with Gasteiger partial charge in [0.1, 0.15) is 5.03 Å². The summed E-state index contributed by atoms with van der Waals surface area (Å²) >= 11 is 3.25. The second kappa shape index (κ2) is 8.46. The third kappa shape index (κ3) is 3.99. The van der Waals surface area contributed by atoms with E-state index in [-0.39, 0.29) is 5.91 Å². The summed E-state index contributed by atoms with van der Waals surface area (Å²) in [4.78, 5) is 28.0. The van der Waals surface area contributed by atoms with Crippen LogP contribution in [0.25, 0.3) is 11.6 Å². The topological polar surface area (TPSA) is 62.5 Å². The van der Waals surface area contributed by atoms with E-state index in [1.165, 1.54) is 16.6 Å². The fourth-order valence-electron chi connectivity index (χ4n) is 3.35. The van der Waals surface area contributed by atoms with Crippen LogP contribution in [0.1, 0.15) is 20.9 Å². The molecule has 1 fully saturated rings. The molecule has 0 aliphatic carbocycles. The van der Waals surface area contributed by atoms with Crippen LogP contribution in [0.3, 0.4) is 0 Å². The number of furan rings is 1. The predicted molar refractivity (Wildman–Crippen MR) is 112 cm³/mol. The normalized spacial score (nSPS) is 15.1. The van der Waals surface area contributed by atoms with Crippen LogP contribution in [0.2, 0.25) is 0 Å². The summed E-state index contributed by atoms with van der Waals surface area (Å²) in [6.07, 6.45) is 3.53. The molecule has 1 aliphatic heterocycles. The Morgan fingerprint density at radius 2 is 2.04 bits per heavy atom. The molecule has 28 heavy (non-hydrogen) atoms. The van der Waals surface area contributed by atoms with Crippen molar-refractivity contribution in [2.75, 3.05) is 32.4 Å². The molecule has 0 saturated carbocycles. The number of nitrogens with zero attached hydrogens (tertiary/aromatic N) is 4. The molecular formula is C20H22N4O2S2. The van der Waals surface area contributed by atoms with Gasteiger partial charge < -0.3 is 9.32 Å². The van der Waals surface area contributed by atoms with Gasteiger partial charge in [0.25, 0.3) is 5.91 Å². The Labute approximate surface area is 172 Å². The Bertz CT molecular complexity index is 934. The van der Waals surface area contributed by atoms with Crippen LogP contribution in [0, 0.1) is 6.92 Å². The lowest BCUT2D eigenvalue weighted by Gasteiger charge is -2.34. The molecule has 1 saturated heterocycles. The molecule has 4 rings (SSSR count). The van der Waals surface area contributed by atoms with Gasteiger partial charge in [-0.1, -0.05) is 6.07 Å². The highest BCUT2D eigenvalue weighted by Gasteiger charge is 2.27. The maximum absolute atomic E-state index is 13.2. The van der Waals surface area contributed by atoms with Crippen molar-refractivity contribution in [2.24, 2.45) is 0 Å². The van der Waals surface area contributed by atoms with E-state index in [0.29, 0.717) is 27.9 Å². The van der Waals surface area contributed by atoms with Crippen molar-refractivity contribution in [1.29, 1.82) is 0 Å². The number of amides is 1. The summed E-state index contributed by atoms with van der Waals surface area (Å²) in [5, 5.41) is 2.80. The van der Waals surface area contributed by atoms with E-state index in [9.17, 15) is 4.79 Å². The van der Waals surface area contributed by atoms with Crippen LogP contribution in [0.5, 0.6) is 0 Å². The first-order valence-electron chi connectivity index (χ1n) is 9.16. The van der Waals surface area contributed by atoms with E-state index < -0.39 is 0 Å². The second-order valence-corrected chi connectivity index (χ2v) is 8.47. The third-order valence-corrected chi connectivity index (χ3v) is 6.37. The van der Waals surface area contributed by atoms with Crippen molar-refractivity contribution in [3.8, 4) is 11.6 Å². The number of carbonyl (C=O) groups is 1. The van der Waals surface area contributed by atoms with Crippen LogP contribution in [0.15, 0.2) is 45.4 Å². The maximum Gasteiger partial charge on any atom is 0.258 e. The van der Waals surface area contributed by atoms with Crippen molar-refractivity contribution >= 4 is 29.0 Å². The summed E-state index contributed by atoms with van der Waals surface area (Å²) in [7, 11) is 0. The number of aryl methyl sites for hydroxylation is 1. The number of thiophene rings is 1. The van der Waals surface area contributed by atoms with E-state index in [2.05, 4.69) is 32.4 Å². The largest absolute Gasteiger partial charge is 0.461 e. The quantitative estimate of drug-likeness (QED) is 0.468. The van der Waals surface area contributed by atoms with Gasteiger partial charge >= 0.3 is 0 Å². The van der Waals surface area contributed by atoms with Crippen LogP contribution >= 0.6 is 23.1 Å². The lowest BCUT2D eigenvalue weighted by atomic mass is 10.2. The second-order valence-electron chi connectivity index (χ2n) is 6.64. The van der Waals surface area contributed by atoms with Crippen molar-refractivity contribution in [2.45, 2.75) is 18.5 Å². The highest BCUT2D eigenvalue weighted by Crippen LogP contribution is 2.26. The molecule has 3 aromatic rings. The average molecular weight is 415 g/mol. The highest BCUT2D eigenvalue weighted by molar-refractivity contribution is 7.98. The average Bonchev–Trinajstić information content (AvgIpc) is 3.41. The Morgan fingerprint density at radius 3 is 2.68 bits per heavy atom. The molecule has 0 N–H and O–H groups in total. The third-order valence-electron chi connectivity index (χ3n) is 4.82. The summed E-state index contributed by atoms with van der Waals surface area (Å²) in [6, 6.07) is 7.88. The van der Waals surface area contributed by atoms with Crippen molar-refractivity contribution in [1.82, 2.24) is 19.8 Å². The van der Waals surface area contributed by atoms with Gasteiger partial charge in [-0.3, -0.25) is 9.69 Å². The van der Waals surface area contributed by atoms with Gasteiger partial charge in [0.05, 0.1) is 17.5 Å². The highest BCUT2D eigenvalue weighted by atomic mass is 32.2. The van der Waals surface area contributed by atoms with Crippen LogP contribution in [-0.2, 0) is 6.54 Å². The van der Waals surface area contributed by atoms with Gasteiger partial charge in [-0.25, -0.2) is 9.97 Å². The molecule has 3 aromatic heterocycles. The van der Waals surface area contributed by atoms with Gasteiger partial charge in [-0.15, -0.1) is 23.1 Å². The van der Waals surface area contributed by atoms with E-state index in [4.69, 9.17) is 4.42 Å². The van der Waals surface area contributed by atoms with E-state index >= 15 is 0 Å². The van der Waals surface area contributed by atoms with Gasteiger partial charge in [-0.05, 0) is 36.8 Å². The van der Waals surface area contributed by atoms with Gasteiger partial charge in [0, 0.05) is 37.6 Å². The molecule has 146 valence electrons. The van der Waals surface area contributed by atoms with Crippen LogP contribution in [0.4, 0.5) is 0 Å². The summed E-state index contributed by atoms with van der Waals surface area (Å²) in [5.74, 6) is 1.15. The van der Waals surface area contributed by atoms with E-state index in [1.54, 1.807) is 17.6 Å². The molecule has 0 radical (unpaired) electrons. The van der Waals surface area contributed by atoms with Crippen molar-refractivity contribution in [3.63, 3.8) is 0 Å². The lowest BCUT2D eigenvalue weighted by Crippen LogP contribution is -2.48. The number of hydrogen-bond acceptors (Lipinski definition) is 7. The zero-order valence-electron chi connectivity index (χ0n) is 15.9. The number of carbonyl (C=O) groups excluding carboxylic acids is 1. The molecule has 0 unspecified atom stereocenters. The minimum atomic E-state index is 0.0172. The fraction of sp³-hybridized carbons (Fsp3) is 0.350. The fourth-order valence-corrected chi connectivity index (χ4v) is 4.71. The number of thioether (sulfide) groups is 1. The summed E-state index contributed by atoms with van der Waals surface area (Å²) in [5.41, 5.74) is 1.30. The molecule has 0 spiro atoms. The number of hydrogen-bond donors (Lipinski definition) is 0. The Hall–Kier alpha value is -2.16. The molecular weight excluding hydrogens is 392 g/mol. The number of piperazine rings is 1. The number of rotatable bonds is 5. The molecule has 1 amide bonds. The SMILES string of the molecule is CSc1nc(-c2ccco2)nc(C)c1C(=O)N1CCN(Cc2cccs2)CC1. The summed E-state index contributed by atoms with van der Waals surface area (Å²) < 4.78 is 5.41. The predicted octanol–water partition coefficient (Wildman–Crippen LogP) is 3.79. The molecule has 0 atom stereocenters. The van der Waals surface area contributed by atoms with Gasteiger partial charge in [-0.2, -0.15) is 0 Å². The van der Waals surface area contributed by atoms with Crippen molar-refractivity contribution < 1.29 is 9.21 Å². The summed E-state index contributed by atoms with van der Waals surface area (Å²) in [6.45, 7) is 6.02. The molecule has 1 aliphatic rings. The lowest BCUT2D eigenvalue weighted by molar-refractivity contribution is 0.0624. The number of aromatic nitrogens is 2. The zero-order valence-corrected chi connectivity index (χ0v) is 17.6. The smallest absolute Gasteiger partial charge is 0.258 e. The molecule has 4 heterocycles. The Balaban J connectivity index is 1.49. The van der Waals surface area contributed by atoms with Gasteiger partial charge in [0.2, 0.25) is 0 Å². The molecule has 0 aromatic carbocycles. The zero-order chi connectivity index (χ0) is 19.5. The minimum Gasteiger partial charge on any atom is -0.461 e. The molecule has 6 nitrogen and oxygen atoms in total. The van der Waals surface area contributed by atoms with Gasteiger partial charge in [0.15, 0.2) is 11.6 Å². The first-order chi connectivity index (χ1) is 13.7. The Kier molecular flexibility index (Phi) is 5.79. The standard InChI is InChI=1S/C20H22N4O2S2/c1-14-17(19(27-2)22-18(21-14)16-6-3-11-26-16)20(25)24-9-7-23(8-10-24)13-15-5-4-12-28-15/h3-6,11-12H,7-10,13H2,1-2H3. The van der Waals surface area contributed by atoms with Crippen LogP contribution in [-0.4, -0.2) is 58.1 Å². The molecule has 0 bridgehead atoms. The van der Waals surface area contributed by atoms with Crippen molar-refractivity contribution in [3.05, 3.63) is 52.0 Å². The maximum atomic E-state index is 13.2. The minimum absolute atomic E-state index is 0.0172. The first kappa shape index (κ1) is 19.2. The first-order valence-corrected chi connectivity index (χ1v) is 11.3. The van der Waals surface area contributed by atoms with E-state index in [1.807, 2.05) is 30.2 Å². The van der Waals surface area contributed by atoms with E-state index in [0.717, 1.165) is 32.7 Å². The molecule has 8 heteroatoms. The monoisotopic (exact) mass is 414 g/mol. The van der Waals surface area contributed by atoms with Crippen LogP contribution < -0.4 is 0 Å². The Morgan fingerprint density at radius 1 is 1.21 bits per heavy atom.